The van der Waals surface area contributed by atoms with Gasteiger partial charge in [-0.15, -0.1) is 0 Å². The number of nitrogens with zero attached hydrogens (tertiary/aromatic N) is 1. The van der Waals surface area contributed by atoms with Crippen molar-refractivity contribution in [3.63, 3.8) is 0 Å². The van der Waals surface area contributed by atoms with Gasteiger partial charge in [-0.3, -0.25) is 10.1 Å². The molecule has 1 aliphatic rings. The maximum atomic E-state index is 13.4. The number of hydrogen-bond acceptors (Lipinski definition) is 3. The number of halogens is 1. The average Bonchev–Trinajstić information content (AvgIpc) is 2.92. The summed E-state index contributed by atoms with van der Waals surface area (Å²) in [7, 11) is 0. The van der Waals surface area contributed by atoms with Gasteiger partial charge in [0.15, 0.2) is 0 Å². The lowest BCUT2D eigenvalue weighted by Crippen LogP contribution is -2.00. The summed E-state index contributed by atoms with van der Waals surface area (Å²) >= 11 is 0. The van der Waals surface area contributed by atoms with E-state index in [4.69, 9.17) is 4.74 Å². The molecule has 0 amide bonds. The van der Waals surface area contributed by atoms with Crippen LogP contribution < -0.4 is 0 Å². The molecule has 1 fully saturated rings. The molecule has 1 aromatic rings. The van der Waals surface area contributed by atoms with E-state index in [0.29, 0.717) is 18.6 Å². The molecular formula is C9H8FNO3. The van der Waals surface area contributed by atoms with Gasteiger partial charge in [0.05, 0.1) is 17.6 Å². The third-order valence-corrected chi connectivity index (χ3v) is 2.10. The van der Waals surface area contributed by atoms with E-state index in [-0.39, 0.29) is 6.10 Å². The molecule has 1 aromatic carbocycles. The van der Waals surface area contributed by atoms with Gasteiger partial charge < -0.3 is 4.74 Å². The fourth-order valence-corrected chi connectivity index (χ4v) is 1.30. The van der Waals surface area contributed by atoms with Gasteiger partial charge in [0.2, 0.25) is 5.82 Å². The summed E-state index contributed by atoms with van der Waals surface area (Å²) in [6, 6.07) is 4.19. The molecule has 1 aliphatic heterocycles. The van der Waals surface area contributed by atoms with E-state index in [0.717, 1.165) is 6.07 Å². The van der Waals surface area contributed by atoms with Crippen LogP contribution in [0.15, 0.2) is 18.2 Å². The predicted octanol–water partition coefficient (Wildman–Crippen LogP) is 1.68. The van der Waals surface area contributed by atoms with E-state index < -0.39 is 16.4 Å². The zero-order chi connectivity index (χ0) is 10.1. The number of hydrogen-bond donors (Lipinski definition) is 0. The Labute approximate surface area is 79.5 Å². The Morgan fingerprint density at radius 1 is 1.64 bits per heavy atom. The molecule has 74 valence electrons. The van der Waals surface area contributed by atoms with Crippen molar-refractivity contribution in [3.8, 4) is 0 Å². The van der Waals surface area contributed by atoms with Crippen molar-refractivity contribution < 1.29 is 14.1 Å². The Hall–Kier alpha value is -1.49. The number of benzene rings is 1. The molecule has 1 atom stereocenters. The van der Waals surface area contributed by atoms with Gasteiger partial charge in [0.25, 0.3) is 0 Å². The highest BCUT2D eigenvalue weighted by Crippen LogP contribution is 2.24. The fraction of sp³-hybridized carbons (Fsp3) is 0.333. The van der Waals surface area contributed by atoms with Gasteiger partial charge in [-0.1, -0.05) is 12.1 Å². The summed E-state index contributed by atoms with van der Waals surface area (Å²) in [5, 5.41) is 10.4. The summed E-state index contributed by atoms with van der Waals surface area (Å²) in [5.74, 6) is -0.743. The van der Waals surface area contributed by atoms with E-state index >= 15 is 0 Å². The molecule has 0 N–H and O–H groups in total. The predicted molar refractivity (Wildman–Crippen MR) is 46.5 cm³/mol. The van der Waals surface area contributed by atoms with Crippen LogP contribution in [0.1, 0.15) is 5.56 Å². The molecular weight excluding hydrogens is 189 g/mol. The van der Waals surface area contributed by atoms with Crippen molar-refractivity contribution in [2.24, 2.45) is 0 Å². The van der Waals surface area contributed by atoms with Crippen LogP contribution in [0, 0.1) is 15.9 Å². The van der Waals surface area contributed by atoms with Crippen LogP contribution in [-0.2, 0) is 11.2 Å². The Morgan fingerprint density at radius 3 is 2.93 bits per heavy atom. The molecule has 0 spiro atoms. The summed E-state index contributed by atoms with van der Waals surface area (Å²) in [4.78, 5) is 9.69. The largest absolute Gasteiger partial charge is 0.373 e. The molecule has 5 heteroatoms. The quantitative estimate of drug-likeness (QED) is 0.420. The number of ether oxygens (including phenoxy) is 1. The van der Waals surface area contributed by atoms with Crippen molar-refractivity contribution >= 4 is 5.69 Å². The number of nitro groups is 1. The molecule has 1 unspecified atom stereocenters. The van der Waals surface area contributed by atoms with Crippen molar-refractivity contribution in [1.82, 2.24) is 0 Å². The summed E-state index contributed by atoms with van der Waals surface area (Å²) in [6.45, 7) is 0.613. The lowest BCUT2D eigenvalue weighted by Gasteiger charge is -2.00. The normalized spacial score (nSPS) is 19.4. The van der Waals surface area contributed by atoms with Gasteiger partial charge in [0.1, 0.15) is 0 Å². The molecule has 0 aromatic heterocycles. The number of nitro benzene ring substituents is 1. The maximum absolute atomic E-state index is 13.4. The summed E-state index contributed by atoms with van der Waals surface area (Å²) < 4.78 is 18.3. The topological polar surface area (TPSA) is 55.7 Å². The Bertz CT molecular complexity index is 376. The molecule has 1 heterocycles. The molecule has 0 saturated carbocycles. The average molecular weight is 197 g/mol. The highest BCUT2D eigenvalue weighted by atomic mass is 19.1. The van der Waals surface area contributed by atoms with E-state index in [1.807, 2.05) is 0 Å². The van der Waals surface area contributed by atoms with Gasteiger partial charge in [0, 0.05) is 12.5 Å². The smallest absolute Gasteiger partial charge is 0.305 e. The molecule has 4 nitrogen and oxygen atoms in total. The van der Waals surface area contributed by atoms with E-state index in [1.54, 1.807) is 6.07 Å². The number of rotatable bonds is 3. The van der Waals surface area contributed by atoms with E-state index in [1.165, 1.54) is 6.07 Å². The zero-order valence-electron chi connectivity index (χ0n) is 7.27. The lowest BCUT2D eigenvalue weighted by atomic mass is 10.1. The summed E-state index contributed by atoms with van der Waals surface area (Å²) in [5.41, 5.74) is -0.121. The van der Waals surface area contributed by atoms with Crippen LogP contribution in [-0.4, -0.2) is 17.6 Å². The highest BCUT2D eigenvalue weighted by molar-refractivity contribution is 5.37. The lowest BCUT2D eigenvalue weighted by molar-refractivity contribution is -0.387. The SMILES string of the molecule is O=[N+]([O-])c1cccc(CC2CO2)c1F. The Kier molecular flexibility index (Phi) is 2.17. The van der Waals surface area contributed by atoms with Gasteiger partial charge in [-0.25, -0.2) is 0 Å². The van der Waals surface area contributed by atoms with Crippen LogP contribution >= 0.6 is 0 Å². The monoisotopic (exact) mass is 197 g/mol. The molecule has 1 saturated heterocycles. The van der Waals surface area contributed by atoms with Crippen LogP contribution in [0.2, 0.25) is 0 Å². The first-order valence-electron chi connectivity index (χ1n) is 4.22. The van der Waals surface area contributed by atoms with E-state index in [2.05, 4.69) is 0 Å². The van der Waals surface area contributed by atoms with Crippen molar-refractivity contribution in [3.05, 3.63) is 39.7 Å². The van der Waals surface area contributed by atoms with Crippen LogP contribution in [0.25, 0.3) is 0 Å². The fourth-order valence-electron chi connectivity index (χ4n) is 1.30. The van der Waals surface area contributed by atoms with Gasteiger partial charge in [-0.2, -0.15) is 4.39 Å². The van der Waals surface area contributed by atoms with Gasteiger partial charge in [-0.05, 0) is 5.56 Å². The third-order valence-electron chi connectivity index (χ3n) is 2.10. The van der Waals surface area contributed by atoms with Crippen molar-refractivity contribution in [2.75, 3.05) is 6.61 Å². The second kappa shape index (κ2) is 3.34. The first kappa shape index (κ1) is 9.08. The first-order valence-corrected chi connectivity index (χ1v) is 4.22. The minimum atomic E-state index is -0.743. The first-order chi connectivity index (χ1) is 6.68. The second-order valence-corrected chi connectivity index (χ2v) is 3.17. The highest BCUT2D eigenvalue weighted by Gasteiger charge is 2.26. The molecule has 0 radical (unpaired) electrons. The molecule has 0 bridgehead atoms. The molecule has 2 rings (SSSR count). The maximum Gasteiger partial charge on any atom is 0.305 e. The summed E-state index contributed by atoms with van der Waals surface area (Å²) in [6.07, 6.45) is 0.444. The standard InChI is InChI=1S/C9H8FNO3/c10-9-6(4-7-5-14-7)2-1-3-8(9)11(12)13/h1-3,7H,4-5H2. The van der Waals surface area contributed by atoms with Gasteiger partial charge >= 0.3 is 5.69 Å². The number of epoxide rings is 1. The third kappa shape index (κ3) is 1.72. The van der Waals surface area contributed by atoms with Crippen LogP contribution in [0.5, 0.6) is 0 Å². The van der Waals surface area contributed by atoms with Crippen LogP contribution in [0.3, 0.4) is 0 Å². The minimum Gasteiger partial charge on any atom is -0.373 e. The van der Waals surface area contributed by atoms with Crippen molar-refractivity contribution in [1.29, 1.82) is 0 Å². The van der Waals surface area contributed by atoms with E-state index in [9.17, 15) is 14.5 Å². The zero-order valence-corrected chi connectivity index (χ0v) is 7.27. The second-order valence-electron chi connectivity index (χ2n) is 3.17. The Morgan fingerprint density at radius 2 is 2.36 bits per heavy atom. The van der Waals surface area contributed by atoms with Crippen molar-refractivity contribution in [2.45, 2.75) is 12.5 Å². The minimum absolute atomic E-state index is 0.0338. The molecule has 14 heavy (non-hydrogen) atoms. The molecule has 0 aliphatic carbocycles. The Balaban J connectivity index is 2.30. The van der Waals surface area contributed by atoms with Crippen LogP contribution in [0.4, 0.5) is 10.1 Å².